The van der Waals surface area contributed by atoms with Gasteiger partial charge in [-0.05, 0) is 35.4 Å². The van der Waals surface area contributed by atoms with E-state index in [9.17, 15) is 19.4 Å². The lowest BCUT2D eigenvalue weighted by molar-refractivity contribution is -0.132. The van der Waals surface area contributed by atoms with E-state index in [0.29, 0.717) is 11.3 Å². The predicted octanol–water partition coefficient (Wildman–Crippen LogP) is 4.90. The average Bonchev–Trinajstić information content (AvgIpc) is 3.05. The highest BCUT2D eigenvalue weighted by atomic mass is 19.1. The van der Waals surface area contributed by atoms with Crippen LogP contribution in [0.2, 0.25) is 0 Å². The minimum Gasteiger partial charge on any atom is -0.508 e. The molecule has 158 valence electrons. The molecule has 1 unspecified atom stereocenters. The second kappa shape index (κ2) is 7.62. The Morgan fingerprint density at radius 3 is 1.94 bits per heavy atom. The first kappa shape index (κ1) is 20.0. The second-order valence-corrected chi connectivity index (χ2v) is 7.79. The maximum atomic E-state index is 14.1. The van der Waals surface area contributed by atoms with E-state index in [1.54, 1.807) is 24.3 Å². The Morgan fingerprint density at radius 1 is 0.750 bits per heavy atom. The number of rotatable bonds is 4. The molecule has 0 saturated heterocycles. The molecule has 5 heteroatoms. The van der Waals surface area contributed by atoms with Crippen LogP contribution in [0, 0.1) is 5.82 Å². The maximum absolute atomic E-state index is 14.1. The summed E-state index contributed by atoms with van der Waals surface area (Å²) >= 11 is 0. The summed E-state index contributed by atoms with van der Waals surface area (Å²) in [5, 5.41) is 22.2. The molecule has 0 spiro atoms. The Morgan fingerprint density at radius 2 is 1.31 bits per heavy atom. The first-order valence-electron chi connectivity index (χ1n) is 10.3. The number of carbonyl (C=O) groups excluding carboxylic acids is 1. The van der Waals surface area contributed by atoms with E-state index in [4.69, 9.17) is 0 Å². The zero-order valence-corrected chi connectivity index (χ0v) is 17.0. The predicted molar refractivity (Wildman–Crippen MR) is 120 cm³/mol. The fourth-order valence-corrected chi connectivity index (χ4v) is 4.46. The SMILES string of the molecule is O=C1N(C(c2ccccc2)c2ccccc2)c2ccccc2C1(O)c1cc(F)ccc1O. The third-order valence-electron chi connectivity index (χ3n) is 5.92. The van der Waals surface area contributed by atoms with Gasteiger partial charge in [0.15, 0.2) is 0 Å². The molecule has 32 heavy (non-hydrogen) atoms. The highest BCUT2D eigenvalue weighted by Crippen LogP contribution is 2.50. The second-order valence-electron chi connectivity index (χ2n) is 7.79. The average molecular weight is 425 g/mol. The molecular weight excluding hydrogens is 405 g/mol. The van der Waals surface area contributed by atoms with Crippen LogP contribution in [-0.2, 0) is 10.4 Å². The van der Waals surface area contributed by atoms with Crippen LogP contribution >= 0.6 is 0 Å². The molecule has 0 fully saturated rings. The van der Waals surface area contributed by atoms with Gasteiger partial charge < -0.3 is 10.2 Å². The Hall–Kier alpha value is -3.96. The minimum atomic E-state index is -2.23. The van der Waals surface area contributed by atoms with E-state index in [-0.39, 0.29) is 11.3 Å². The number of aliphatic hydroxyl groups is 1. The van der Waals surface area contributed by atoms with Crippen LogP contribution in [0.15, 0.2) is 103 Å². The third kappa shape index (κ3) is 2.98. The van der Waals surface area contributed by atoms with Crippen LogP contribution in [0.3, 0.4) is 0 Å². The number of halogens is 1. The van der Waals surface area contributed by atoms with Crippen molar-refractivity contribution in [2.24, 2.45) is 0 Å². The molecule has 1 aliphatic heterocycles. The number of carbonyl (C=O) groups is 1. The topological polar surface area (TPSA) is 60.8 Å². The first-order chi connectivity index (χ1) is 15.5. The van der Waals surface area contributed by atoms with Gasteiger partial charge in [0, 0.05) is 11.1 Å². The van der Waals surface area contributed by atoms with Gasteiger partial charge in [-0.1, -0.05) is 78.9 Å². The molecule has 1 aliphatic rings. The Labute approximate surface area is 184 Å². The van der Waals surface area contributed by atoms with Gasteiger partial charge in [-0.25, -0.2) is 4.39 Å². The summed E-state index contributed by atoms with van der Waals surface area (Å²) in [4.78, 5) is 15.5. The van der Waals surface area contributed by atoms with E-state index in [1.807, 2.05) is 60.7 Å². The minimum absolute atomic E-state index is 0.183. The first-order valence-corrected chi connectivity index (χ1v) is 10.3. The monoisotopic (exact) mass is 425 g/mol. The van der Waals surface area contributed by atoms with Crippen molar-refractivity contribution in [3.05, 3.63) is 131 Å². The summed E-state index contributed by atoms with van der Waals surface area (Å²) in [5.41, 5.74) is 0.0931. The Balaban J connectivity index is 1.76. The van der Waals surface area contributed by atoms with Crippen LogP contribution in [-0.4, -0.2) is 16.1 Å². The maximum Gasteiger partial charge on any atom is 0.269 e. The van der Waals surface area contributed by atoms with Crippen LogP contribution in [0.25, 0.3) is 0 Å². The summed E-state index contributed by atoms with van der Waals surface area (Å²) in [7, 11) is 0. The summed E-state index contributed by atoms with van der Waals surface area (Å²) in [6, 6.07) is 28.6. The number of para-hydroxylation sites is 1. The molecule has 0 radical (unpaired) electrons. The fraction of sp³-hybridized carbons (Fsp3) is 0.0741. The van der Waals surface area contributed by atoms with Crippen LogP contribution in [0.1, 0.15) is 28.3 Å². The molecule has 2 N–H and O–H groups in total. The van der Waals surface area contributed by atoms with Gasteiger partial charge >= 0.3 is 0 Å². The van der Waals surface area contributed by atoms with Crippen molar-refractivity contribution in [2.45, 2.75) is 11.6 Å². The van der Waals surface area contributed by atoms with Crippen molar-refractivity contribution in [2.75, 3.05) is 4.90 Å². The Bertz CT molecular complexity index is 1250. The van der Waals surface area contributed by atoms with Crippen LogP contribution in [0.5, 0.6) is 5.75 Å². The smallest absolute Gasteiger partial charge is 0.269 e. The molecule has 1 atom stereocenters. The van der Waals surface area contributed by atoms with Crippen molar-refractivity contribution in [3.8, 4) is 5.75 Å². The van der Waals surface area contributed by atoms with Crippen molar-refractivity contribution in [1.29, 1.82) is 0 Å². The molecule has 4 aromatic rings. The highest BCUT2D eigenvalue weighted by molar-refractivity contribution is 6.10. The van der Waals surface area contributed by atoms with Crippen molar-refractivity contribution in [3.63, 3.8) is 0 Å². The molecule has 4 nitrogen and oxygen atoms in total. The van der Waals surface area contributed by atoms with E-state index >= 15 is 0 Å². The lowest BCUT2D eigenvalue weighted by atomic mass is 9.86. The van der Waals surface area contributed by atoms with Crippen LogP contribution < -0.4 is 4.90 Å². The lowest BCUT2D eigenvalue weighted by Gasteiger charge is -2.31. The van der Waals surface area contributed by atoms with E-state index in [2.05, 4.69) is 0 Å². The number of amides is 1. The van der Waals surface area contributed by atoms with Gasteiger partial charge in [0.05, 0.1) is 11.7 Å². The van der Waals surface area contributed by atoms with Gasteiger partial charge in [0.1, 0.15) is 11.6 Å². The van der Waals surface area contributed by atoms with Crippen LogP contribution in [0.4, 0.5) is 10.1 Å². The van der Waals surface area contributed by atoms with E-state index in [1.165, 1.54) is 4.90 Å². The molecule has 0 aromatic heterocycles. The highest BCUT2D eigenvalue weighted by Gasteiger charge is 2.54. The normalized spacial score (nSPS) is 17.6. The standard InChI is InChI=1S/C27H20FNO3/c28-20-15-16-24(30)22(17-20)27(32)21-13-7-8-14-23(21)29(26(27)31)25(18-9-3-1-4-10-18)19-11-5-2-6-12-19/h1-17,25,30,32H. The van der Waals surface area contributed by atoms with E-state index in [0.717, 1.165) is 29.3 Å². The number of anilines is 1. The molecule has 0 aliphatic carbocycles. The largest absolute Gasteiger partial charge is 0.508 e. The van der Waals surface area contributed by atoms with E-state index < -0.39 is 23.4 Å². The number of phenols is 1. The number of nitrogens with zero attached hydrogens (tertiary/aromatic N) is 1. The molecule has 0 saturated carbocycles. The van der Waals surface area contributed by atoms with Gasteiger partial charge in [-0.2, -0.15) is 0 Å². The van der Waals surface area contributed by atoms with Gasteiger partial charge in [-0.3, -0.25) is 9.69 Å². The van der Waals surface area contributed by atoms with Crippen molar-refractivity contribution in [1.82, 2.24) is 0 Å². The molecule has 5 rings (SSSR count). The number of benzene rings is 4. The molecule has 1 heterocycles. The summed E-state index contributed by atoms with van der Waals surface area (Å²) < 4.78 is 14.1. The number of fused-ring (bicyclic) bond motifs is 1. The molecular formula is C27H20FNO3. The fourth-order valence-electron chi connectivity index (χ4n) is 4.46. The summed E-state index contributed by atoms with van der Waals surface area (Å²) in [6.45, 7) is 0. The van der Waals surface area contributed by atoms with Gasteiger partial charge in [0.25, 0.3) is 5.91 Å². The third-order valence-corrected chi connectivity index (χ3v) is 5.92. The Kier molecular flexibility index (Phi) is 4.76. The quantitative estimate of drug-likeness (QED) is 0.489. The number of hydrogen-bond donors (Lipinski definition) is 2. The number of aromatic hydroxyl groups is 1. The molecule has 4 aromatic carbocycles. The van der Waals surface area contributed by atoms with Crippen molar-refractivity contribution < 1.29 is 19.4 Å². The zero-order valence-electron chi connectivity index (χ0n) is 17.0. The zero-order chi connectivity index (χ0) is 22.3. The number of phenolic OH excluding ortho intramolecular Hbond substituents is 1. The lowest BCUT2D eigenvalue weighted by Crippen LogP contribution is -2.43. The number of hydrogen-bond acceptors (Lipinski definition) is 3. The van der Waals surface area contributed by atoms with Gasteiger partial charge in [-0.15, -0.1) is 0 Å². The summed E-state index contributed by atoms with van der Waals surface area (Å²) in [5.74, 6) is -1.66. The van der Waals surface area contributed by atoms with Crippen molar-refractivity contribution >= 4 is 11.6 Å². The van der Waals surface area contributed by atoms with Gasteiger partial charge in [0.2, 0.25) is 5.60 Å². The molecule has 0 bridgehead atoms. The molecule has 1 amide bonds. The summed E-state index contributed by atoms with van der Waals surface area (Å²) in [6.07, 6.45) is 0.